The summed E-state index contributed by atoms with van der Waals surface area (Å²) in [5.41, 5.74) is 2.31. The van der Waals surface area contributed by atoms with Gasteiger partial charge in [-0.25, -0.2) is 0 Å². The molecule has 1 saturated heterocycles. The van der Waals surface area contributed by atoms with Crippen molar-refractivity contribution in [1.29, 1.82) is 0 Å². The maximum Gasteiger partial charge on any atom is 0.326 e. The molecule has 150 valence electrons. The SMILES string of the molecule is Cc1cc(C(=O)COC(=O)CN2C(=O)[C@H]3CC=CC[C@H]3C2=O)c(C)n1C(C)C. The van der Waals surface area contributed by atoms with Crippen LogP contribution >= 0.6 is 0 Å². The smallest absolute Gasteiger partial charge is 0.326 e. The van der Waals surface area contributed by atoms with E-state index in [1.54, 1.807) is 6.07 Å². The number of hydrogen-bond donors (Lipinski definition) is 0. The standard InChI is InChI=1S/C21H26N2O5/c1-12(2)23-13(3)9-17(14(23)4)18(24)11-28-19(25)10-22-20(26)15-7-5-6-8-16(15)21(22)27/h5-6,9,12,15-16H,7-8,10-11H2,1-4H3/t15-,16+. The van der Waals surface area contributed by atoms with E-state index in [0.717, 1.165) is 16.3 Å². The molecule has 0 unspecified atom stereocenters. The molecule has 7 heteroatoms. The lowest BCUT2D eigenvalue weighted by molar-refractivity contribution is -0.152. The first kappa shape index (κ1) is 20.0. The van der Waals surface area contributed by atoms with E-state index in [2.05, 4.69) is 0 Å². The number of rotatable bonds is 6. The van der Waals surface area contributed by atoms with Crippen molar-refractivity contribution in [3.63, 3.8) is 0 Å². The number of amides is 2. The molecule has 2 atom stereocenters. The molecule has 1 aliphatic carbocycles. The topological polar surface area (TPSA) is 85.7 Å². The zero-order chi connectivity index (χ0) is 20.6. The highest BCUT2D eigenvalue weighted by Crippen LogP contribution is 2.34. The predicted molar refractivity (Wildman–Crippen MR) is 102 cm³/mol. The van der Waals surface area contributed by atoms with Crippen LogP contribution in [0, 0.1) is 25.7 Å². The van der Waals surface area contributed by atoms with Gasteiger partial charge in [0.05, 0.1) is 11.8 Å². The Balaban J connectivity index is 1.59. The summed E-state index contributed by atoms with van der Waals surface area (Å²) in [6.07, 6.45) is 4.82. The first-order valence-electron chi connectivity index (χ1n) is 9.59. The van der Waals surface area contributed by atoms with Gasteiger partial charge in [-0.2, -0.15) is 0 Å². The first-order valence-corrected chi connectivity index (χ1v) is 9.59. The lowest BCUT2D eigenvalue weighted by atomic mass is 9.85. The van der Waals surface area contributed by atoms with Crippen LogP contribution in [0.5, 0.6) is 0 Å². The van der Waals surface area contributed by atoms with E-state index in [0.29, 0.717) is 18.4 Å². The molecular formula is C21H26N2O5. The molecule has 2 heterocycles. The molecule has 3 rings (SSSR count). The van der Waals surface area contributed by atoms with Crippen LogP contribution in [0.4, 0.5) is 0 Å². The lowest BCUT2D eigenvalue weighted by Crippen LogP contribution is -2.37. The van der Waals surface area contributed by atoms with E-state index in [9.17, 15) is 19.2 Å². The molecule has 0 radical (unpaired) electrons. The van der Waals surface area contributed by atoms with Crippen LogP contribution < -0.4 is 0 Å². The van der Waals surface area contributed by atoms with Gasteiger partial charge in [-0.05, 0) is 46.6 Å². The number of ether oxygens (including phenoxy) is 1. The maximum absolute atomic E-state index is 12.5. The molecule has 0 bridgehead atoms. The Morgan fingerprint density at radius 3 is 2.18 bits per heavy atom. The van der Waals surface area contributed by atoms with Crippen molar-refractivity contribution in [3.05, 3.63) is 35.2 Å². The highest BCUT2D eigenvalue weighted by atomic mass is 16.5. The highest BCUT2D eigenvalue weighted by molar-refractivity contribution is 6.07. The molecule has 1 fully saturated rings. The third-order valence-electron chi connectivity index (χ3n) is 5.55. The summed E-state index contributed by atoms with van der Waals surface area (Å²) >= 11 is 0. The molecule has 0 N–H and O–H groups in total. The molecule has 1 aromatic rings. The van der Waals surface area contributed by atoms with Crippen LogP contribution in [0.3, 0.4) is 0 Å². The fourth-order valence-electron chi connectivity index (χ4n) is 4.28. The van der Waals surface area contributed by atoms with Crippen LogP contribution in [-0.4, -0.2) is 46.2 Å². The molecular weight excluding hydrogens is 360 g/mol. The minimum atomic E-state index is -0.751. The molecule has 1 aliphatic heterocycles. The van der Waals surface area contributed by atoms with E-state index in [4.69, 9.17) is 4.74 Å². The summed E-state index contributed by atoms with van der Waals surface area (Å²) in [5.74, 6) is -2.47. The van der Waals surface area contributed by atoms with Gasteiger partial charge in [0.1, 0.15) is 6.54 Å². The number of Topliss-reactive ketones (excluding diaryl/α,β-unsaturated/α-hetero) is 1. The Bertz CT molecular complexity index is 838. The fourth-order valence-corrected chi connectivity index (χ4v) is 4.28. The zero-order valence-electron chi connectivity index (χ0n) is 16.7. The number of likely N-dealkylation sites (tertiary alicyclic amines) is 1. The number of ketones is 1. The van der Waals surface area contributed by atoms with Gasteiger partial charge >= 0.3 is 5.97 Å². The molecule has 28 heavy (non-hydrogen) atoms. The second-order valence-corrected chi connectivity index (χ2v) is 7.75. The third-order valence-corrected chi connectivity index (χ3v) is 5.55. The van der Waals surface area contributed by atoms with Gasteiger partial charge in [-0.1, -0.05) is 12.2 Å². The second-order valence-electron chi connectivity index (χ2n) is 7.75. The number of carbonyl (C=O) groups excluding carboxylic acids is 4. The monoisotopic (exact) mass is 386 g/mol. The zero-order valence-corrected chi connectivity index (χ0v) is 16.7. The van der Waals surface area contributed by atoms with E-state index < -0.39 is 19.1 Å². The van der Waals surface area contributed by atoms with Gasteiger partial charge in [0.25, 0.3) is 0 Å². The average Bonchev–Trinajstić information content (AvgIpc) is 3.08. The predicted octanol–water partition coefficient (Wildman–Crippen LogP) is 2.36. The number of esters is 1. The number of fused-ring (bicyclic) bond motifs is 1. The summed E-state index contributed by atoms with van der Waals surface area (Å²) < 4.78 is 7.12. The number of hydrogen-bond acceptors (Lipinski definition) is 5. The third kappa shape index (κ3) is 3.53. The quantitative estimate of drug-likeness (QED) is 0.324. The number of nitrogens with zero attached hydrogens (tertiary/aromatic N) is 2. The first-order chi connectivity index (χ1) is 13.2. The number of aromatic nitrogens is 1. The number of aryl methyl sites for hydroxylation is 1. The Kier molecular flexibility index (Phi) is 5.54. The van der Waals surface area contributed by atoms with Gasteiger partial charge in [0.15, 0.2) is 6.61 Å². The van der Waals surface area contributed by atoms with Crippen molar-refractivity contribution in [1.82, 2.24) is 9.47 Å². The van der Waals surface area contributed by atoms with Crippen molar-refractivity contribution in [2.45, 2.75) is 46.6 Å². The van der Waals surface area contributed by atoms with E-state index in [-0.39, 0.29) is 35.5 Å². The molecule has 7 nitrogen and oxygen atoms in total. The van der Waals surface area contributed by atoms with Crippen molar-refractivity contribution in [3.8, 4) is 0 Å². The lowest BCUT2D eigenvalue weighted by Gasteiger charge is -2.14. The van der Waals surface area contributed by atoms with Crippen LogP contribution in [0.15, 0.2) is 18.2 Å². The van der Waals surface area contributed by atoms with Gasteiger partial charge in [-0.3, -0.25) is 24.1 Å². The normalized spacial score (nSPS) is 21.4. The summed E-state index contributed by atoms with van der Waals surface area (Å²) in [5, 5.41) is 0. The van der Waals surface area contributed by atoms with Crippen molar-refractivity contribution in [2.75, 3.05) is 13.2 Å². The Labute approximate surface area is 164 Å². The molecule has 1 aromatic heterocycles. The average molecular weight is 386 g/mol. The minimum absolute atomic E-state index is 0.217. The van der Waals surface area contributed by atoms with E-state index in [1.165, 1.54) is 0 Å². The maximum atomic E-state index is 12.5. The van der Waals surface area contributed by atoms with E-state index >= 15 is 0 Å². The van der Waals surface area contributed by atoms with Gasteiger partial charge in [0.2, 0.25) is 17.6 Å². The molecule has 2 aliphatic rings. The molecule has 0 saturated carbocycles. The van der Waals surface area contributed by atoms with Gasteiger partial charge < -0.3 is 9.30 Å². The summed E-state index contributed by atoms with van der Waals surface area (Å²) in [6, 6.07) is 2.01. The Morgan fingerprint density at radius 2 is 1.68 bits per heavy atom. The highest BCUT2D eigenvalue weighted by Gasteiger charge is 2.47. The van der Waals surface area contributed by atoms with Crippen LogP contribution in [0.25, 0.3) is 0 Å². The fraction of sp³-hybridized carbons (Fsp3) is 0.524. The summed E-state index contributed by atoms with van der Waals surface area (Å²) in [7, 11) is 0. The van der Waals surface area contributed by atoms with Crippen LogP contribution in [0.2, 0.25) is 0 Å². The second kappa shape index (κ2) is 7.73. The molecule has 0 spiro atoms. The molecule has 2 amide bonds. The van der Waals surface area contributed by atoms with Crippen LogP contribution in [0.1, 0.15) is 54.5 Å². The summed E-state index contributed by atoms with van der Waals surface area (Å²) in [6.45, 7) is 7.00. The summed E-state index contributed by atoms with van der Waals surface area (Å²) in [4.78, 5) is 50.4. The Morgan fingerprint density at radius 1 is 1.11 bits per heavy atom. The number of imide groups is 1. The Hall–Kier alpha value is -2.70. The largest absolute Gasteiger partial charge is 0.456 e. The van der Waals surface area contributed by atoms with Crippen molar-refractivity contribution < 1.29 is 23.9 Å². The van der Waals surface area contributed by atoms with Crippen molar-refractivity contribution >= 4 is 23.6 Å². The number of allylic oxidation sites excluding steroid dienone is 2. The molecule has 0 aromatic carbocycles. The van der Waals surface area contributed by atoms with Gasteiger partial charge in [-0.15, -0.1) is 0 Å². The van der Waals surface area contributed by atoms with E-state index in [1.807, 2.05) is 44.4 Å². The number of carbonyl (C=O) groups is 4. The van der Waals surface area contributed by atoms with Gasteiger partial charge in [0, 0.05) is 23.0 Å². The minimum Gasteiger partial charge on any atom is -0.456 e. The van der Waals surface area contributed by atoms with Crippen LogP contribution in [-0.2, 0) is 19.1 Å². The van der Waals surface area contributed by atoms with Crippen molar-refractivity contribution in [2.24, 2.45) is 11.8 Å².